The molecule has 3 atom stereocenters. The normalized spacial score (nSPS) is 16.3. The summed E-state index contributed by atoms with van der Waals surface area (Å²) in [4.78, 5) is 48.0. The highest BCUT2D eigenvalue weighted by Crippen LogP contribution is 2.13. The van der Waals surface area contributed by atoms with E-state index in [1.807, 2.05) is 0 Å². The summed E-state index contributed by atoms with van der Waals surface area (Å²) >= 11 is 0. The number of carbonyl (C=O) groups is 3. The van der Waals surface area contributed by atoms with Gasteiger partial charge in [0.2, 0.25) is 11.8 Å². The lowest BCUT2D eigenvalue weighted by atomic mass is 9.74. The number of hydrogen-bond donors (Lipinski definition) is 6. The van der Waals surface area contributed by atoms with E-state index >= 15 is 0 Å². The SMILES string of the molecule is [2H]C([2H])([2H])C(O)(C[C@H](NC(=O)[C@H](Cc1ccccc1)NC(=O)[C@@H](Cc1ccccc1)NC(=O)c1cnccn1)B(O)O)C([2H])([2H])[2H]. The minimum atomic E-state index is -3.50. The highest BCUT2D eigenvalue weighted by molar-refractivity contribution is 6.43. The predicted molar refractivity (Wildman–Crippen MR) is 149 cm³/mol. The van der Waals surface area contributed by atoms with E-state index in [1.54, 1.807) is 60.7 Å². The Balaban J connectivity index is 1.91. The molecule has 3 aromatic rings. The van der Waals surface area contributed by atoms with Crippen LogP contribution in [0.5, 0.6) is 0 Å². The number of amides is 3. The summed E-state index contributed by atoms with van der Waals surface area (Å²) in [6.07, 6.45) is 2.43. The molecule has 3 amide bonds. The molecule has 0 unspecified atom stereocenters. The number of nitrogens with one attached hydrogen (secondary N) is 3. The van der Waals surface area contributed by atoms with Crippen LogP contribution in [0.3, 0.4) is 0 Å². The summed E-state index contributed by atoms with van der Waals surface area (Å²) in [7, 11) is -2.50. The molecule has 0 aliphatic heterocycles. The monoisotopic (exact) mass is 553 g/mol. The summed E-state index contributed by atoms with van der Waals surface area (Å²) in [6, 6.07) is 14.4. The van der Waals surface area contributed by atoms with Crippen LogP contribution in [0.25, 0.3) is 0 Å². The Labute approximate surface area is 241 Å². The fourth-order valence-corrected chi connectivity index (χ4v) is 3.87. The first kappa shape index (κ1) is 22.7. The Morgan fingerprint density at radius 3 is 1.93 bits per heavy atom. The minimum absolute atomic E-state index is 0.000524. The minimum Gasteiger partial charge on any atom is -0.426 e. The van der Waals surface area contributed by atoms with Crippen LogP contribution in [-0.2, 0) is 22.4 Å². The summed E-state index contributed by atoms with van der Waals surface area (Å²) in [6.45, 7) is -7.00. The van der Waals surface area contributed by atoms with Crippen molar-refractivity contribution in [3.63, 3.8) is 0 Å². The molecule has 40 heavy (non-hydrogen) atoms. The molecular weight excluding hydrogens is 513 g/mol. The molecule has 1 aromatic heterocycles. The van der Waals surface area contributed by atoms with Crippen molar-refractivity contribution in [2.45, 2.75) is 56.6 Å². The molecule has 0 spiro atoms. The first-order chi connectivity index (χ1) is 21.5. The molecule has 0 aliphatic rings. The molecule has 1 heterocycles. The van der Waals surface area contributed by atoms with Crippen LogP contribution in [0.4, 0.5) is 0 Å². The van der Waals surface area contributed by atoms with Crippen molar-refractivity contribution in [3.05, 3.63) is 96.1 Å². The molecule has 0 fully saturated rings. The fourth-order valence-electron chi connectivity index (χ4n) is 3.87. The van der Waals surface area contributed by atoms with Gasteiger partial charge >= 0.3 is 7.12 Å². The molecule has 0 saturated carbocycles. The van der Waals surface area contributed by atoms with E-state index in [0.29, 0.717) is 11.1 Å². The van der Waals surface area contributed by atoms with Crippen LogP contribution in [0.1, 0.15) is 50.0 Å². The zero-order valence-electron chi connectivity index (χ0n) is 27.4. The van der Waals surface area contributed by atoms with Gasteiger partial charge in [0.15, 0.2) is 0 Å². The van der Waals surface area contributed by atoms with Gasteiger partial charge in [-0.2, -0.15) is 0 Å². The van der Waals surface area contributed by atoms with Crippen molar-refractivity contribution in [2.24, 2.45) is 0 Å². The lowest BCUT2D eigenvalue weighted by molar-refractivity contribution is -0.130. The molecule has 0 radical (unpaired) electrons. The van der Waals surface area contributed by atoms with Crippen LogP contribution in [0.15, 0.2) is 79.3 Å². The first-order valence-corrected chi connectivity index (χ1v) is 12.4. The van der Waals surface area contributed by atoms with Crippen molar-refractivity contribution in [1.29, 1.82) is 0 Å². The van der Waals surface area contributed by atoms with Crippen LogP contribution in [0, 0.1) is 0 Å². The number of aliphatic hydroxyl groups is 1. The van der Waals surface area contributed by atoms with E-state index < -0.39 is 68.6 Å². The van der Waals surface area contributed by atoms with Crippen LogP contribution in [0.2, 0.25) is 0 Å². The molecule has 210 valence electrons. The Kier molecular flexibility index (Phi) is 8.11. The van der Waals surface area contributed by atoms with Crippen LogP contribution < -0.4 is 16.0 Å². The third-order valence-corrected chi connectivity index (χ3v) is 5.82. The van der Waals surface area contributed by atoms with Crippen molar-refractivity contribution in [3.8, 4) is 0 Å². The first-order valence-electron chi connectivity index (χ1n) is 15.4. The molecule has 0 aliphatic carbocycles. The van der Waals surface area contributed by atoms with Gasteiger partial charge in [-0.1, -0.05) is 60.7 Å². The van der Waals surface area contributed by atoms with Gasteiger partial charge < -0.3 is 31.1 Å². The van der Waals surface area contributed by atoms with Gasteiger partial charge in [0, 0.05) is 33.5 Å². The maximum Gasteiger partial charge on any atom is 0.475 e. The topological polar surface area (TPSA) is 174 Å². The van der Waals surface area contributed by atoms with E-state index in [-0.39, 0.29) is 18.5 Å². The van der Waals surface area contributed by atoms with Gasteiger partial charge in [0.25, 0.3) is 5.91 Å². The van der Waals surface area contributed by atoms with E-state index in [4.69, 9.17) is 8.22 Å². The van der Waals surface area contributed by atoms with Crippen molar-refractivity contribution < 1.29 is 37.8 Å². The third-order valence-electron chi connectivity index (χ3n) is 5.82. The zero-order chi connectivity index (χ0) is 34.1. The smallest absolute Gasteiger partial charge is 0.426 e. The van der Waals surface area contributed by atoms with Crippen molar-refractivity contribution >= 4 is 24.8 Å². The van der Waals surface area contributed by atoms with E-state index in [2.05, 4.69) is 25.9 Å². The van der Waals surface area contributed by atoms with E-state index in [0.717, 1.165) is 0 Å². The van der Waals surface area contributed by atoms with E-state index in [1.165, 1.54) is 18.6 Å². The van der Waals surface area contributed by atoms with Crippen LogP contribution >= 0.6 is 0 Å². The molecule has 12 heteroatoms. The van der Waals surface area contributed by atoms with Gasteiger partial charge in [-0.15, -0.1) is 0 Å². The number of rotatable bonds is 13. The quantitative estimate of drug-likeness (QED) is 0.163. The summed E-state index contributed by atoms with van der Waals surface area (Å²) in [5.41, 5.74) is -2.26. The second-order valence-corrected chi connectivity index (χ2v) is 9.15. The largest absolute Gasteiger partial charge is 0.475 e. The Hall–Kier alpha value is -4.13. The lowest BCUT2D eigenvalue weighted by Crippen LogP contribution is -2.58. The van der Waals surface area contributed by atoms with Crippen molar-refractivity contribution in [1.82, 2.24) is 25.9 Å². The Morgan fingerprint density at radius 2 is 1.43 bits per heavy atom. The van der Waals surface area contributed by atoms with Gasteiger partial charge in [-0.3, -0.25) is 19.4 Å². The molecule has 3 rings (SSSR count). The maximum absolute atomic E-state index is 13.7. The average molecular weight is 553 g/mol. The van der Waals surface area contributed by atoms with Gasteiger partial charge in [0.05, 0.1) is 17.7 Å². The summed E-state index contributed by atoms with van der Waals surface area (Å²) in [5.74, 6) is -4.55. The molecule has 0 bridgehead atoms. The molecule has 2 aromatic carbocycles. The number of nitrogens with zero attached hydrogens (tertiary/aromatic N) is 2. The van der Waals surface area contributed by atoms with E-state index in [9.17, 15) is 29.5 Å². The molecule has 6 N–H and O–H groups in total. The number of benzene rings is 2. The molecule has 0 saturated heterocycles. The Morgan fingerprint density at radius 1 is 0.875 bits per heavy atom. The fraction of sp³-hybridized carbons (Fsp3) is 0.321. The second-order valence-electron chi connectivity index (χ2n) is 9.15. The lowest BCUT2D eigenvalue weighted by Gasteiger charge is -2.28. The highest BCUT2D eigenvalue weighted by Gasteiger charge is 2.34. The third kappa shape index (κ3) is 9.88. The molecule has 11 nitrogen and oxygen atoms in total. The van der Waals surface area contributed by atoms with Gasteiger partial charge in [-0.25, -0.2) is 4.98 Å². The van der Waals surface area contributed by atoms with Gasteiger partial charge in [0.1, 0.15) is 17.8 Å². The maximum atomic E-state index is 13.7. The predicted octanol–water partition coefficient (Wildman–Crippen LogP) is 0.203. The molecular formula is C28H34BN5O6. The zero-order valence-corrected chi connectivity index (χ0v) is 21.4. The number of carbonyl (C=O) groups excluding carboxylic acids is 3. The highest BCUT2D eigenvalue weighted by atomic mass is 16.4. The standard InChI is InChI=1S/C28H34BN5O6/c1-28(2,38)17-24(29(39)40)34-26(36)22(16-20-11-7-4-8-12-20)32-25(35)21(15-19-9-5-3-6-10-19)33-27(37)23-18-30-13-14-31-23/h3-14,18,21-22,24,38-40H,15-17H2,1-2H3,(H,32,35)(H,33,37)(H,34,36)/t21-,22+,24+/m1/s1/i1D3,2D3. The number of hydrogen-bond acceptors (Lipinski definition) is 8. The van der Waals surface area contributed by atoms with Gasteiger partial charge in [-0.05, 0) is 31.3 Å². The van der Waals surface area contributed by atoms with Crippen molar-refractivity contribution in [2.75, 3.05) is 0 Å². The summed E-state index contributed by atoms with van der Waals surface area (Å²) in [5, 5.41) is 38.0. The summed E-state index contributed by atoms with van der Waals surface area (Å²) < 4.78 is 45.5. The van der Waals surface area contributed by atoms with Crippen LogP contribution in [-0.4, -0.2) is 73.6 Å². The average Bonchev–Trinajstić information content (AvgIpc) is 3.00. The number of aromatic nitrogens is 2. The Bertz CT molecular complexity index is 1440. The second kappa shape index (κ2) is 14.3.